The summed E-state index contributed by atoms with van der Waals surface area (Å²) >= 11 is 0. The predicted octanol–water partition coefficient (Wildman–Crippen LogP) is 2.41. The van der Waals surface area contributed by atoms with Gasteiger partial charge in [-0.1, -0.05) is 6.92 Å². The van der Waals surface area contributed by atoms with Crippen LogP contribution in [0.25, 0.3) is 0 Å². The molecule has 0 spiro atoms. The Morgan fingerprint density at radius 1 is 1.33 bits per heavy atom. The first kappa shape index (κ1) is 17.5. The first-order chi connectivity index (χ1) is 11.1. The maximum absolute atomic E-state index is 12.3. The molecule has 4 atom stereocenters. The highest BCUT2D eigenvalue weighted by Gasteiger charge is 2.65. The third-order valence-electron chi connectivity index (χ3n) is 5.36. The number of rotatable bonds is 4. The molecule has 7 nitrogen and oxygen atoms in total. The summed E-state index contributed by atoms with van der Waals surface area (Å²) in [6.45, 7) is 9.55. The van der Waals surface area contributed by atoms with E-state index in [9.17, 15) is 9.59 Å². The molecule has 2 aliphatic heterocycles. The minimum atomic E-state index is -0.718. The number of ether oxygens (including phenoxy) is 5. The number of esters is 1. The van der Waals surface area contributed by atoms with Crippen molar-refractivity contribution < 1.29 is 33.3 Å². The van der Waals surface area contributed by atoms with E-state index in [0.29, 0.717) is 12.8 Å². The molecule has 0 bridgehead atoms. The summed E-state index contributed by atoms with van der Waals surface area (Å²) in [5.41, 5.74) is -1.18. The normalized spacial score (nSPS) is 37.2. The van der Waals surface area contributed by atoms with E-state index in [4.69, 9.17) is 23.7 Å². The molecule has 0 aromatic carbocycles. The van der Waals surface area contributed by atoms with Gasteiger partial charge in [0.15, 0.2) is 5.79 Å². The van der Waals surface area contributed by atoms with Crippen LogP contribution in [-0.4, -0.2) is 49.4 Å². The van der Waals surface area contributed by atoms with E-state index in [1.165, 1.54) is 0 Å². The van der Waals surface area contributed by atoms with Crippen molar-refractivity contribution >= 4 is 12.1 Å². The SMILES string of the molecule is CCC(C)(C)C(=O)OCC12COC(=O)OC1C1OC(C)(C)OC1C2. The maximum atomic E-state index is 12.3. The Balaban J connectivity index is 1.75. The lowest BCUT2D eigenvalue weighted by molar-refractivity contribution is -0.206. The molecule has 1 saturated carbocycles. The third kappa shape index (κ3) is 2.88. The van der Waals surface area contributed by atoms with Gasteiger partial charge in [0.1, 0.15) is 25.4 Å². The van der Waals surface area contributed by atoms with E-state index in [0.717, 1.165) is 0 Å². The molecule has 24 heavy (non-hydrogen) atoms. The summed E-state index contributed by atoms with van der Waals surface area (Å²) in [7, 11) is 0. The van der Waals surface area contributed by atoms with Crippen LogP contribution in [-0.2, 0) is 28.5 Å². The zero-order valence-electron chi connectivity index (χ0n) is 14.9. The zero-order valence-corrected chi connectivity index (χ0v) is 14.9. The van der Waals surface area contributed by atoms with Crippen molar-refractivity contribution in [2.75, 3.05) is 13.2 Å². The molecule has 2 heterocycles. The van der Waals surface area contributed by atoms with Crippen molar-refractivity contribution in [1.29, 1.82) is 0 Å². The Labute approximate surface area is 141 Å². The van der Waals surface area contributed by atoms with Crippen LogP contribution in [0.5, 0.6) is 0 Å². The highest BCUT2D eigenvalue weighted by Crippen LogP contribution is 2.51. The lowest BCUT2D eigenvalue weighted by Gasteiger charge is -2.39. The molecule has 1 aliphatic carbocycles. The van der Waals surface area contributed by atoms with Gasteiger partial charge in [0.2, 0.25) is 0 Å². The smallest absolute Gasteiger partial charge is 0.464 e. The van der Waals surface area contributed by atoms with Crippen molar-refractivity contribution in [1.82, 2.24) is 0 Å². The van der Waals surface area contributed by atoms with Gasteiger partial charge >= 0.3 is 12.1 Å². The van der Waals surface area contributed by atoms with Crippen LogP contribution in [0.15, 0.2) is 0 Å². The largest absolute Gasteiger partial charge is 0.508 e. The standard InChI is InChI=1S/C17H26O7/c1-6-15(2,3)13(18)20-8-17-7-10-11(24-16(4,5)23-10)12(17)22-14(19)21-9-17/h10-12H,6-9H2,1-5H3. The van der Waals surface area contributed by atoms with Gasteiger partial charge in [-0.2, -0.15) is 0 Å². The monoisotopic (exact) mass is 342 g/mol. The van der Waals surface area contributed by atoms with Crippen molar-refractivity contribution in [3.8, 4) is 0 Å². The number of cyclic esters (lactones) is 1. The van der Waals surface area contributed by atoms with Gasteiger partial charge in [0.05, 0.1) is 16.9 Å². The van der Waals surface area contributed by atoms with Crippen molar-refractivity contribution in [3.63, 3.8) is 0 Å². The van der Waals surface area contributed by atoms with Gasteiger partial charge in [-0.05, 0) is 40.5 Å². The van der Waals surface area contributed by atoms with Gasteiger partial charge in [0.25, 0.3) is 0 Å². The lowest BCUT2D eigenvalue weighted by Crippen LogP contribution is -2.52. The number of carbonyl (C=O) groups is 2. The number of hydrogen-bond donors (Lipinski definition) is 0. The molecule has 0 radical (unpaired) electrons. The van der Waals surface area contributed by atoms with Crippen LogP contribution in [0.1, 0.15) is 47.5 Å². The molecule has 0 aromatic heterocycles. The predicted molar refractivity (Wildman–Crippen MR) is 82.1 cm³/mol. The van der Waals surface area contributed by atoms with E-state index in [1.54, 1.807) is 0 Å². The molecule has 136 valence electrons. The van der Waals surface area contributed by atoms with Crippen LogP contribution in [0.3, 0.4) is 0 Å². The van der Waals surface area contributed by atoms with E-state index in [-0.39, 0.29) is 31.4 Å². The summed E-state index contributed by atoms with van der Waals surface area (Å²) in [5.74, 6) is -0.984. The van der Waals surface area contributed by atoms with Gasteiger partial charge in [0, 0.05) is 0 Å². The molecule has 0 aromatic rings. The fourth-order valence-electron chi connectivity index (χ4n) is 3.55. The van der Waals surface area contributed by atoms with Crippen LogP contribution in [0.4, 0.5) is 4.79 Å². The molecule has 0 N–H and O–H groups in total. The summed E-state index contributed by atoms with van der Waals surface area (Å²) in [6, 6.07) is 0. The zero-order chi connectivity index (χ0) is 17.8. The molecule has 3 rings (SSSR count). The third-order valence-corrected chi connectivity index (χ3v) is 5.36. The summed E-state index contributed by atoms with van der Waals surface area (Å²) < 4.78 is 27.9. The number of fused-ring (bicyclic) bond motifs is 3. The highest BCUT2D eigenvalue weighted by atomic mass is 16.8. The van der Waals surface area contributed by atoms with E-state index >= 15 is 0 Å². The number of hydrogen-bond acceptors (Lipinski definition) is 7. The minimum absolute atomic E-state index is 0.118. The van der Waals surface area contributed by atoms with Crippen molar-refractivity contribution in [2.24, 2.45) is 10.8 Å². The second kappa shape index (κ2) is 5.59. The van der Waals surface area contributed by atoms with Gasteiger partial charge in [-0.25, -0.2) is 4.79 Å². The Bertz CT molecular complexity index is 541. The number of carbonyl (C=O) groups excluding carboxylic acids is 2. The molecular weight excluding hydrogens is 316 g/mol. The average Bonchev–Trinajstić information content (AvgIpc) is 2.94. The second-order valence-electron chi connectivity index (χ2n) is 8.10. The second-order valence-corrected chi connectivity index (χ2v) is 8.10. The Morgan fingerprint density at radius 3 is 2.71 bits per heavy atom. The molecule has 2 saturated heterocycles. The lowest BCUT2D eigenvalue weighted by atomic mass is 9.84. The summed E-state index contributed by atoms with van der Waals surface area (Å²) in [5, 5.41) is 0. The molecular formula is C17H26O7. The molecule has 4 unspecified atom stereocenters. The Morgan fingerprint density at radius 2 is 2.04 bits per heavy atom. The van der Waals surface area contributed by atoms with E-state index in [2.05, 4.69) is 0 Å². The van der Waals surface area contributed by atoms with Gasteiger partial charge in [-0.3, -0.25) is 4.79 Å². The van der Waals surface area contributed by atoms with Crippen LogP contribution in [0.2, 0.25) is 0 Å². The quantitative estimate of drug-likeness (QED) is 0.726. The fraction of sp³-hybridized carbons (Fsp3) is 0.882. The first-order valence-electron chi connectivity index (χ1n) is 8.45. The first-order valence-corrected chi connectivity index (χ1v) is 8.45. The summed E-state index contributed by atoms with van der Waals surface area (Å²) in [6.07, 6.45) is -0.603. The minimum Gasteiger partial charge on any atom is -0.464 e. The molecule has 3 fully saturated rings. The fourth-order valence-corrected chi connectivity index (χ4v) is 3.55. The van der Waals surface area contributed by atoms with Crippen LogP contribution in [0, 0.1) is 10.8 Å². The van der Waals surface area contributed by atoms with Crippen molar-refractivity contribution in [2.45, 2.75) is 71.6 Å². The molecule has 3 aliphatic rings. The highest BCUT2D eigenvalue weighted by molar-refractivity contribution is 5.75. The topological polar surface area (TPSA) is 80.3 Å². The average molecular weight is 342 g/mol. The van der Waals surface area contributed by atoms with Gasteiger partial charge < -0.3 is 23.7 Å². The van der Waals surface area contributed by atoms with Crippen LogP contribution < -0.4 is 0 Å². The Kier molecular flexibility index (Phi) is 4.07. The van der Waals surface area contributed by atoms with Crippen molar-refractivity contribution in [3.05, 3.63) is 0 Å². The van der Waals surface area contributed by atoms with E-state index in [1.807, 2.05) is 34.6 Å². The van der Waals surface area contributed by atoms with Gasteiger partial charge in [-0.15, -0.1) is 0 Å². The Hall–Kier alpha value is -1.34. The summed E-state index contributed by atoms with van der Waals surface area (Å²) in [4.78, 5) is 23.9. The molecule has 7 heteroatoms. The maximum Gasteiger partial charge on any atom is 0.508 e. The van der Waals surface area contributed by atoms with Crippen LogP contribution >= 0.6 is 0 Å². The molecule has 0 amide bonds. The van der Waals surface area contributed by atoms with E-state index < -0.39 is 28.9 Å².